The van der Waals surface area contributed by atoms with Gasteiger partial charge in [-0.3, -0.25) is 14.6 Å². The van der Waals surface area contributed by atoms with Crippen LogP contribution >= 0.6 is 0 Å². The molecule has 8 nitrogen and oxygen atoms in total. The number of carbonyl (C=O) groups excluding carboxylic acids is 1. The number of nitrogens with two attached hydrogens (primary N) is 1. The van der Waals surface area contributed by atoms with Gasteiger partial charge in [-0.05, 0) is 55.1 Å². The topological polar surface area (TPSA) is 93.8 Å². The minimum Gasteiger partial charge on any atom is -0.461 e. The van der Waals surface area contributed by atoms with Gasteiger partial charge in [0.15, 0.2) is 0 Å². The highest BCUT2D eigenvalue weighted by atomic mass is 16.5. The summed E-state index contributed by atoms with van der Waals surface area (Å²) in [5.41, 5.74) is 11.4. The van der Waals surface area contributed by atoms with E-state index in [0.29, 0.717) is 37.2 Å². The van der Waals surface area contributed by atoms with Crippen LogP contribution in [0.2, 0.25) is 0 Å². The van der Waals surface area contributed by atoms with E-state index in [-0.39, 0.29) is 24.2 Å². The Balaban J connectivity index is 1.28. The molecule has 3 heterocycles. The summed E-state index contributed by atoms with van der Waals surface area (Å²) >= 11 is 0. The maximum absolute atomic E-state index is 12.8. The highest BCUT2D eigenvalue weighted by molar-refractivity contribution is 6.01. The lowest BCUT2D eigenvalue weighted by atomic mass is 10.00. The Morgan fingerprint density at radius 2 is 1.64 bits per heavy atom. The highest BCUT2D eigenvalue weighted by Gasteiger charge is 2.32. The Labute approximate surface area is 212 Å². The van der Waals surface area contributed by atoms with Crippen LogP contribution in [0.3, 0.4) is 0 Å². The first-order valence-electron chi connectivity index (χ1n) is 12.6. The lowest BCUT2D eigenvalue weighted by Gasteiger charge is -2.24. The molecule has 8 heteroatoms. The number of fused-ring (bicyclic) bond motifs is 1. The molecule has 1 fully saturated rings. The lowest BCUT2D eigenvalue weighted by molar-refractivity contribution is -0.117. The summed E-state index contributed by atoms with van der Waals surface area (Å²) in [5, 5.41) is 0. The second kappa shape index (κ2) is 10.6. The van der Waals surface area contributed by atoms with E-state index in [4.69, 9.17) is 15.2 Å². The van der Waals surface area contributed by atoms with E-state index in [1.807, 2.05) is 0 Å². The smallest absolute Gasteiger partial charge is 0.320 e. The number of aromatic nitrogens is 2. The zero-order valence-electron chi connectivity index (χ0n) is 20.9. The van der Waals surface area contributed by atoms with Crippen molar-refractivity contribution in [2.24, 2.45) is 0 Å². The Hall–Kier alpha value is -3.49. The number of benzene rings is 2. The van der Waals surface area contributed by atoms with Crippen molar-refractivity contribution in [1.29, 1.82) is 0 Å². The number of hydrogen-bond donors (Lipinski definition) is 1. The van der Waals surface area contributed by atoms with Gasteiger partial charge in [-0.15, -0.1) is 0 Å². The fraction of sp³-hybridized carbons (Fsp3) is 0.393. The third-order valence-electron chi connectivity index (χ3n) is 7.11. The molecular formula is C28H33N5O3. The molecule has 36 heavy (non-hydrogen) atoms. The van der Waals surface area contributed by atoms with Crippen molar-refractivity contribution in [3.05, 3.63) is 65.2 Å². The summed E-state index contributed by atoms with van der Waals surface area (Å²) in [7, 11) is 1.60. The first kappa shape index (κ1) is 24.2. The monoisotopic (exact) mass is 487 g/mol. The molecule has 2 aliphatic heterocycles. The third kappa shape index (κ3) is 5.05. The molecule has 2 aromatic carbocycles. The molecule has 2 aliphatic rings. The molecule has 2 N–H and O–H groups in total. The van der Waals surface area contributed by atoms with Crippen LogP contribution in [-0.2, 0) is 22.5 Å². The number of hydrogen-bond acceptors (Lipinski definition) is 7. The minimum absolute atomic E-state index is 0.0492. The van der Waals surface area contributed by atoms with Crippen molar-refractivity contribution in [3.8, 4) is 17.1 Å². The number of amides is 1. The maximum atomic E-state index is 12.8. The SMILES string of the molecule is COCCOc1nc(N)c2c(n1)N(Cc1ccc(-c3ccc(C(C)N4CCCC4)cc3)cc1)C(=O)C2. The van der Waals surface area contributed by atoms with Crippen LogP contribution in [0.25, 0.3) is 11.1 Å². The number of likely N-dealkylation sites (tertiary alicyclic amines) is 1. The third-order valence-corrected chi connectivity index (χ3v) is 7.11. The zero-order chi connectivity index (χ0) is 25.1. The van der Waals surface area contributed by atoms with Crippen molar-refractivity contribution in [2.75, 3.05) is 44.0 Å². The van der Waals surface area contributed by atoms with Crippen molar-refractivity contribution in [2.45, 2.75) is 38.8 Å². The van der Waals surface area contributed by atoms with E-state index in [1.165, 1.54) is 37.1 Å². The van der Waals surface area contributed by atoms with E-state index in [2.05, 4.69) is 70.3 Å². The summed E-state index contributed by atoms with van der Waals surface area (Å²) in [5.74, 6) is 0.750. The Morgan fingerprint density at radius 3 is 2.31 bits per heavy atom. The van der Waals surface area contributed by atoms with Crippen LogP contribution in [-0.4, -0.2) is 54.2 Å². The van der Waals surface area contributed by atoms with Gasteiger partial charge in [-0.25, -0.2) is 0 Å². The van der Waals surface area contributed by atoms with E-state index in [9.17, 15) is 4.79 Å². The Bertz CT molecular complexity index is 1210. The van der Waals surface area contributed by atoms with E-state index < -0.39 is 0 Å². The largest absolute Gasteiger partial charge is 0.461 e. The number of anilines is 2. The molecule has 1 amide bonds. The van der Waals surface area contributed by atoms with Gasteiger partial charge in [0, 0.05) is 18.7 Å². The fourth-order valence-electron chi connectivity index (χ4n) is 4.95. The first-order valence-corrected chi connectivity index (χ1v) is 12.6. The lowest BCUT2D eigenvalue weighted by Crippen LogP contribution is -2.26. The molecule has 1 atom stereocenters. The standard InChI is InChI=1S/C28H33N5O3/c1-19(32-13-3-4-14-32)21-9-11-23(12-10-21)22-7-5-20(6-8-22)18-33-25(34)17-24-26(29)30-28(31-27(24)33)36-16-15-35-2/h5-12,19H,3-4,13-18H2,1-2H3,(H2,29,30,31). The molecular weight excluding hydrogens is 454 g/mol. The molecule has 0 saturated carbocycles. The van der Waals surface area contributed by atoms with Gasteiger partial charge in [0.2, 0.25) is 5.91 Å². The average molecular weight is 488 g/mol. The Morgan fingerprint density at radius 1 is 0.972 bits per heavy atom. The van der Waals surface area contributed by atoms with Crippen molar-refractivity contribution < 1.29 is 14.3 Å². The average Bonchev–Trinajstić information content (AvgIpc) is 3.54. The van der Waals surface area contributed by atoms with Crippen LogP contribution in [0, 0.1) is 0 Å². The second-order valence-electron chi connectivity index (χ2n) is 9.43. The van der Waals surface area contributed by atoms with E-state index in [1.54, 1.807) is 12.0 Å². The number of rotatable bonds is 9. The number of methoxy groups -OCH3 is 1. The van der Waals surface area contributed by atoms with Crippen LogP contribution in [0.5, 0.6) is 6.01 Å². The van der Waals surface area contributed by atoms with Crippen molar-refractivity contribution >= 4 is 17.5 Å². The quantitative estimate of drug-likeness (QED) is 0.456. The van der Waals surface area contributed by atoms with Crippen molar-refractivity contribution in [1.82, 2.24) is 14.9 Å². The fourth-order valence-corrected chi connectivity index (χ4v) is 4.95. The number of nitrogen functional groups attached to an aromatic ring is 1. The van der Waals surface area contributed by atoms with Gasteiger partial charge in [-0.2, -0.15) is 9.97 Å². The number of nitrogens with zero attached hydrogens (tertiary/aromatic N) is 4. The Kier molecular flexibility index (Phi) is 7.16. The zero-order valence-corrected chi connectivity index (χ0v) is 20.9. The van der Waals surface area contributed by atoms with Gasteiger partial charge in [-0.1, -0.05) is 48.5 Å². The van der Waals surface area contributed by atoms with Crippen LogP contribution in [0.15, 0.2) is 48.5 Å². The van der Waals surface area contributed by atoms with Crippen molar-refractivity contribution in [3.63, 3.8) is 0 Å². The van der Waals surface area contributed by atoms with Crippen LogP contribution in [0.4, 0.5) is 11.6 Å². The predicted octanol–water partition coefficient (Wildman–Crippen LogP) is 4.00. The molecule has 5 rings (SSSR count). The summed E-state index contributed by atoms with van der Waals surface area (Å²) < 4.78 is 10.5. The highest BCUT2D eigenvalue weighted by Crippen LogP contribution is 2.33. The summed E-state index contributed by atoms with van der Waals surface area (Å²) in [6, 6.07) is 17.8. The minimum atomic E-state index is -0.0492. The summed E-state index contributed by atoms with van der Waals surface area (Å²) in [6.45, 7) is 5.80. The molecule has 0 bridgehead atoms. The second-order valence-corrected chi connectivity index (χ2v) is 9.43. The van der Waals surface area contributed by atoms with Gasteiger partial charge < -0.3 is 15.2 Å². The van der Waals surface area contributed by atoms with Crippen LogP contribution in [0.1, 0.15) is 42.5 Å². The maximum Gasteiger partial charge on any atom is 0.320 e. The molecule has 0 aliphatic carbocycles. The molecule has 0 radical (unpaired) electrons. The molecule has 188 valence electrons. The molecule has 3 aromatic rings. The number of carbonyl (C=O) groups is 1. The van der Waals surface area contributed by atoms with Gasteiger partial charge in [0.05, 0.1) is 19.6 Å². The van der Waals surface area contributed by atoms with Gasteiger partial charge in [0.1, 0.15) is 18.2 Å². The molecule has 1 unspecified atom stereocenters. The van der Waals surface area contributed by atoms with E-state index >= 15 is 0 Å². The number of ether oxygens (including phenoxy) is 2. The summed E-state index contributed by atoms with van der Waals surface area (Å²) in [6.07, 6.45) is 2.79. The molecule has 0 spiro atoms. The summed E-state index contributed by atoms with van der Waals surface area (Å²) in [4.78, 5) is 25.6. The van der Waals surface area contributed by atoms with E-state index in [0.717, 1.165) is 11.1 Å². The van der Waals surface area contributed by atoms with Gasteiger partial charge >= 0.3 is 6.01 Å². The van der Waals surface area contributed by atoms with Gasteiger partial charge in [0.25, 0.3) is 0 Å². The first-order chi connectivity index (χ1) is 17.5. The van der Waals surface area contributed by atoms with Crippen LogP contribution < -0.4 is 15.4 Å². The normalized spacial score (nSPS) is 16.4. The molecule has 1 saturated heterocycles. The molecule has 1 aromatic heterocycles. The predicted molar refractivity (Wildman–Crippen MR) is 140 cm³/mol.